The van der Waals surface area contributed by atoms with Gasteiger partial charge in [-0.2, -0.15) is 0 Å². The van der Waals surface area contributed by atoms with Crippen molar-refractivity contribution in [2.24, 2.45) is 0 Å². The Balaban J connectivity index is 0. The molecule has 0 N–H and O–H groups in total. The van der Waals surface area contributed by atoms with Crippen molar-refractivity contribution in [3.8, 4) is 0 Å². The molecule has 0 nitrogen and oxygen atoms in total. The standard InChI is InChI=1S/C9H12S.C2H6/c1-4-6-8-9(10-3)7-5-2;1-2/h4-8H,1-2H2,3H3;1-2H3/b8-6-,9-7+;. The quantitative estimate of drug-likeness (QED) is 0.587. The lowest BCUT2D eigenvalue weighted by Gasteiger charge is -1.90. The van der Waals surface area contributed by atoms with Gasteiger partial charge in [0.15, 0.2) is 0 Å². The summed E-state index contributed by atoms with van der Waals surface area (Å²) in [4.78, 5) is 1.19. The number of allylic oxidation sites excluding steroid dienone is 5. The second-order valence-electron chi connectivity index (χ2n) is 1.60. The van der Waals surface area contributed by atoms with Crippen LogP contribution in [0.2, 0.25) is 0 Å². The summed E-state index contributed by atoms with van der Waals surface area (Å²) < 4.78 is 0. The lowest BCUT2D eigenvalue weighted by Crippen LogP contribution is -1.64. The fourth-order valence-corrected chi connectivity index (χ4v) is 0.918. The van der Waals surface area contributed by atoms with E-state index in [1.165, 1.54) is 4.91 Å². The van der Waals surface area contributed by atoms with E-state index in [-0.39, 0.29) is 0 Å². The van der Waals surface area contributed by atoms with Crippen LogP contribution in [-0.2, 0) is 0 Å². The van der Waals surface area contributed by atoms with Gasteiger partial charge in [0.1, 0.15) is 0 Å². The van der Waals surface area contributed by atoms with Crippen molar-refractivity contribution in [1.29, 1.82) is 0 Å². The highest BCUT2D eigenvalue weighted by Crippen LogP contribution is 2.12. The zero-order valence-electron chi connectivity index (χ0n) is 8.21. The van der Waals surface area contributed by atoms with Gasteiger partial charge in [0.25, 0.3) is 0 Å². The van der Waals surface area contributed by atoms with Gasteiger partial charge in [-0.15, -0.1) is 11.8 Å². The first-order valence-corrected chi connectivity index (χ1v) is 5.23. The van der Waals surface area contributed by atoms with Crippen molar-refractivity contribution in [3.63, 3.8) is 0 Å². The van der Waals surface area contributed by atoms with E-state index < -0.39 is 0 Å². The molecule has 0 atom stereocenters. The molecule has 0 fully saturated rings. The fourth-order valence-electron chi connectivity index (χ4n) is 0.471. The molecule has 12 heavy (non-hydrogen) atoms. The van der Waals surface area contributed by atoms with Gasteiger partial charge < -0.3 is 0 Å². The highest BCUT2D eigenvalue weighted by Gasteiger charge is 1.82. The van der Waals surface area contributed by atoms with E-state index in [9.17, 15) is 0 Å². The molecule has 68 valence electrons. The van der Waals surface area contributed by atoms with Gasteiger partial charge in [-0.1, -0.05) is 45.2 Å². The normalized spacial score (nSPS) is 10.4. The van der Waals surface area contributed by atoms with Crippen LogP contribution in [0.3, 0.4) is 0 Å². The molecule has 0 unspecified atom stereocenters. The summed E-state index contributed by atoms with van der Waals surface area (Å²) in [6.45, 7) is 11.2. The van der Waals surface area contributed by atoms with Gasteiger partial charge in [0.2, 0.25) is 0 Å². The van der Waals surface area contributed by atoms with E-state index >= 15 is 0 Å². The summed E-state index contributed by atoms with van der Waals surface area (Å²) in [5.41, 5.74) is 0. The van der Waals surface area contributed by atoms with Crippen LogP contribution in [0.25, 0.3) is 0 Å². The van der Waals surface area contributed by atoms with Gasteiger partial charge in [-0.3, -0.25) is 0 Å². The summed E-state index contributed by atoms with van der Waals surface area (Å²) in [6, 6.07) is 0. The summed E-state index contributed by atoms with van der Waals surface area (Å²) >= 11 is 1.69. The minimum atomic E-state index is 1.19. The first-order chi connectivity index (χ1) is 5.85. The van der Waals surface area contributed by atoms with E-state index in [1.54, 1.807) is 23.9 Å². The van der Waals surface area contributed by atoms with Crippen LogP contribution < -0.4 is 0 Å². The van der Waals surface area contributed by atoms with Crippen molar-refractivity contribution in [1.82, 2.24) is 0 Å². The molecule has 0 aromatic rings. The second-order valence-corrected chi connectivity index (χ2v) is 2.48. The SMILES string of the molecule is C=C/C=C\C(=C/C=C)SC.CC. The minimum absolute atomic E-state index is 1.19. The summed E-state index contributed by atoms with van der Waals surface area (Å²) in [5, 5.41) is 0. The van der Waals surface area contributed by atoms with Crippen LogP contribution in [-0.4, -0.2) is 6.26 Å². The molecule has 1 heteroatoms. The van der Waals surface area contributed by atoms with E-state index in [1.807, 2.05) is 38.3 Å². The predicted molar refractivity (Wildman–Crippen MR) is 62.5 cm³/mol. The van der Waals surface area contributed by atoms with Crippen LogP contribution in [0.4, 0.5) is 0 Å². The van der Waals surface area contributed by atoms with Crippen LogP contribution in [0.5, 0.6) is 0 Å². The number of hydrogen-bond acceptors (Lipinski definition) is 1. The summed E-state index contributed by atoms with van der Waals surface area (Å²) in [6.07, 6.45) is 11.4. The molecule has 0 rings (SSSR count). The first kappa shape index (κ1) is 13.9. The highest BCUT2D eigenvalue weighted by molar-refractivity contribution is 8.02. The van der Waals surface area contributed by atoms with Crippen LogP contribution in [0, 0.1) is 0 Å². The van der Waals surface area contributed by atoms with E-state index in [0.717, 1.165) is 0 Å². The van der Waals surface area contributed by atoms with Crippen molar-refractivity contribution >= 4 is 11.8 Å². The summed E-state index contributed by atoms with van der Waals surface area (Å²) in [5.74, 6) is 0. The Kier molecular flexibility index (Phi) is 15.0. The monoisotopic (exact) mass is 182 g/mol. The molecule has 0 heterocycles. The molecule has 0 radical (unpaired) electrons. The molecule has 0 aliphatic heterocycles. The van der Waals surface area contributed by atoms with E-state index in [2.05, 4.69) is 13.2 Å². The third-order valence-electron chi connectivity index (χ3n) is 0.914. The highest BCUT2D eigenvalue weighted by atomic mass is 32.2. The Morgan fingerprint density at radius 1 is 1.17 bits per heavy atom. The number of hydrogen-bond donors (Lipinski definition) is 0. The van der Waals surface area contributed by atoms with Crippen molar-refractivity contribution in [2.45, 2.75) is 13.8 Å². The Hall–Kier alpha value is -0.690. The Morgan fingerprint density at radius 2 is 1.75 bits per heavy atom. The lowest BCUT2D eigenvalue weighted by molar-refractivity contribution is 1.50. The van der Waals surface area contributed by atoms with Crippen LogP contribution >= 0.6 is 11.8 Å². The third kappa shape index (κ3) is 9.31. The van der Waals surface area contributed by atoms with Crippen molar-refractivity contribution < 1.29 is 0 Å². The van der Waals surface area contributed by atoms with Gasteiger partial charge in [0.05, 0.1) is 0 Å². The zero-order valence-corrected chi connectivity index (χ0v) is 9.03. The molecule has 0 saturated heterocycles. The fraction of sp³-hybridized carbons (Fsp3) is 0.273. The Bertz CT molecular complexity index is 164. The maximum absolute atomic E-state index is 3.61. The maximum Gasteiger partial charge on any atom is 0.00689 e. The molecular formula is C11H18S. The molecule has 0 saturated carbocycles. The van der Waals surface area contributed by atoms with Gasteiger partial charge in [0, 0.05) is 4.91 Å². The Labute approximate surface area is 80.8 Å². The van der Waals surface area contributed by atoms with Crippen molar-refractivity contribution in [3.05, 3.63) is 48.4 Å². The average Bonchev–Trinajstić information content (AvgIpc) is 2.15. The van der Waals surface area contributed by atoms with Crippen molar-refractivity contribution in [2.75, 3.05) is 6.26 Å². The third-order valence-corrected chi connectivity index (χ3v) is 1.66. The summed E-state index contributed by atoms with van der Waals surface area (Å²) in [7, 11) is 0. The zero-order chi connectivity index (χ0) is 9.82. The molecule has 0 aliphatic rings. The molecule has 0 aromatic heterocycles. The number of thioether (sulfide) groups is 1. The van der Waals surface area contributed by atoms with Gasteiger partial charge in [-0.05, 0) is 18.4 Å². The number of rotatable bonds is 4. The van der Waals surface area contributed by atoms with E-state index in [0.29, 0.717) is 0 Å². The minimum Gasteiger partial charge on any atom is -0.130 e. The lowest BCUT2D eigenvalue weighted by atomic mass is 10.4. The smallest absolute Gasteiger partial charge is 0.00689 e. The molecule has 0 amide bonds. The van der Waals surface area contributed by atoms with Crippen LogP contribution in [0.1, 0.15) is 13.8 Å². The largest absolute Gasteiger partial charge is 0.130 e. The second kappa shape index (κ2) is 12.9. The Morgan fingerprint density at radius 3 is 2.08 bits per heavy atom. The molecule has 0 aromatic carbocycles. The average molecular weight is 182 g/mol. The predicted octanol–water partition coefficient (Wildman–Crippen LogP) is 4.19. The maximum atomic E-state index is 3.61. The molecule has 0 spiro atoms. The molecule has 0 aliphatic carbocycles. The topological polar surface area (TPSA) is 0 Å². The van der Waals surface area contributed by atoms with Crippen LogP contribution in [0.15, 0.2) is 48.4 Å². The first-order valence-electron chi connectivity index (χ1n) is 4.01. The van der Waals surface area contributed by atoms with Gasteiger partial charge >= 0.3 is 0 Å². The van der Waals surface area contributed by atoms with Gasteiger partial charge in [-0.25, -0.2) is 0 Å². The molecule has 0 bridgehead atoms. The molecular weight excluding hydrogens is 164 g/mol. The van der Waals surface area contributed by atoms with E-state index in [4.69, 9.17) is 0 Å².